The van der Waals surface area contributed by atoms with Crippen LogP contribution in [0.25, 0.3) is 0 Å². The van der Waals surface area contributed by atoms with Gasteiger partial charge in [-0.2, -0.15) is 0 Å². The van der Waals surface area contributed by atoms with E-state index in [0.29, 0.717) is 25.0 Å². The average Bonchev–Trinajstić information content (AvgIpc) is 2.66. The smallest absolute Gasteiger partial charge is 0.248 e. The Labute approximate surface area is 180 Å². The molecule has 0 saturated carbocycles. The molecular formula is C26H33NO3. The van der Waals surface area contributed by atoms with E-state index in [-0.39, 0.29) is 17.1 Å². The van der Waals surface area contributed by atoms with Gasteiger partial charge in [0.1, 0.15) is 0 Å². The first-order valence-corrected chi connectivity index (χ1v) is 10.4. The molecule has 0 radical (unpaired) electrons. The zero-order valence-corrected chi connectivity index (χ0v) is 18.7. The molecule has 0 aromatic carbocycles. The summed E-state index contributed by atoms with van der Waals surface area (Å²) in [7, 11) is 0. The Morgan fingerprint density at radius 3 is 2.50 bits per heavy atom. The third kappa shape index (κ3) is 6.87. The second kappa shape index (κ2) is 10.2. The fourth-order valence-corrected chi connectivity index (χ4v) is 3.56. The average molecular weight is 408 g/mol. The molecule has 0 atom stereocenters. The van der Waals surface area contributed by atoms with Gasteiger partial charge in [0.2, 0.25) is 5.91 Å². The zero-order chi connectivity index (χ0) is 22.3. The van der Waals surface area contributed by atoms with E-state index in [1.807, 2.05) is 45.1 Å². The summed E-state index contributed by atoms with van der Waals surface area (Å²) in [6, 6.07) is 0. The molecule has 0 aromatic heterocycles. The van der Waals surface area contributed by atoms with Gasteiger partial charge >= 0.3 is 0 Å². The topological polar surface area (TPSA) is 66.4 Å². The number of rotatable bonds is 6. The number of aliphatic hydroxyl groups is 1. The highest BCUT2D eigenvalue weighted by Crippen LogP contribution is 2.39. The Balaban J connectivity index is 1.98. The highest BCUT2D eigenvalue weighted by molar-refractivity contribution is 5.97. The third-order valence-corrected chi connectivity index (χ3v) is 5.53. The van der Waals surface area contributed by atoms with E-state index in [4.69, 9.17) is 0 Å². The van der Waals surface area contributed by atoms with Crippen LogP contribution in [0.1, 0.15) is 60.3 Å². The van der Waals surface area contributed by atoms with Crippen molar-refractivity contribution in [1.82, 2.24) is 5.32 Å². The van der Waals surface area contributed by atoms with Crippen molar-refractivity contribution in [3.63, 3.8) is 0 Å². The fraction of sp³-hybridized carbons (Fsp3) is 0.385. The van der Waals surface area contributed by atoms with Gasteiger partial charge in [-0.25, -0.2) is 0 Å². The number of hydrogen-bond donors (Lipinski definition) is 2. The van der Waals surface area contributed by atoms with Crippen LogP contribution in [-0.4, -0.2) is 16.8 Å². The molecule has 0 aromatic rings. The van der Waals surface area contributed by atoms with Crippen LogP contribution in [-0.2, 0) is 9.59 Å². The number of Topliss-reactive ketones (excluding diaryl/α,β-unsaturated/α-hetero) is 1. The summed E-state index contributed by atoms with van der Waals surface area (Å²) in [5, 5.41) is 12.2. The lowest BCUT2D eigenvalue weighted by molar-refractivity contribution is -0.117. The van der Waals surface area contributed by atoms with Gasteiger partial charge < -0.3 is 10.4 Å². The lowest BCUT2D eigenvalue weighted by Crippen LogP contribution is -2.24. The summed E-state index contributed by atoms with van der Waals surface area (Å²) in [5.74, 6) is 0.403. The number of nitrogens with one attached hydrogen (secondary N) is 1. The van der Waals surface area contributed by atoms with Gasteiger partial charge in [-0.15, -0.1) is 0 Å². The molecular weight excluding hydrogens is 374 g/mol. The van der Waals surface area contributed by atoms with Crippen LogP contribution in [0.5, 0.6) is 0 Å². The number of carbonyl (C=O) groups excluding carboxylic acids is 2. The molecule has 2 aliphatic rings. The number of carbonyl (C=O) groups is 2. The summed E-state index contributed by atoms with van der Waals surface area (Å²) in [5.41, 5.74) is 4.71. The summed E-state index contributed by atoms with van der Waals surface area (Å²) >= 11 is 0. The SMILES string of the molecule is CC1=C(/C=C/C(C)=C/C=C/C(C)=C/C(=O)NC2=CC=C(O)CC2)C(C)(C)CCC1=O. The molecule has 0 aliphatic heterocycles. The van der Waals surface area contributed by atoms with E-state index in [1.54, 1.807) is 18.2 Å². The number of hydrogen-bond acceptors (Lipinski definition) is 3. The van der Waals surface area contributed by atoms with Crippen LogP contribution in [0.2, 0.25) is 0 Å². The molecule has 1 amide bonds. The highest BCUT2D eigenvalue weighted by Gasteiger charge is 2.30. The number of allylic oxidation sites excluding steroid dienone is 13. The Hall–Kier alpha value is -2.88. The normalized spacial score (nSPS) is 20.6. The van der Waals surface area contributed by atoms with Gasteiger partial charge in [-0.05, 0) is 67.9 Å². The summed E-state index contributed by atoms with van der Waals surface area (Å²) in [4.78, 5) is 24.1. The molecule has 0 spiro atoms. The Morgan fingerprint density at radius 2 is 1.83 bits per heavy atom. The molecule has 0 fully saturated rings. The first kappa shape index (κ1) is 23.4. The summed E-state index contributed by atoms with van der Waals surface area (Å²) in [6.07, 6.45) is 17.5. The molecule has 4 nitrogen and oxygen atoms in total. The maximum atomic E-state index is 12.1. The van der Waals surface area contributed by atoms with E-state index in [2.05, 4.69) is 25.2 Å². The van der Waals surface area contributed by atoms with E-state index in [1.165, 1.54) is 0 Å². The molecule has 2 N–H and O–H groups in total. The molecule has 0 saturated heterocycles. The van der Waals surface area contributed by atoms with Gasteiger partial charge in [0, 0.05) is 24.6 Å². The van der Waals surface area contributed by atoms with Crippen molar-refractivity contribution in [2.24, 2.45) is 5.41 Å². The van der Waals surface area contributed by atoms with Crippen LogP contribution >= 0.6 is 0 Å². The largest absolute Gasteiger partial charge is 0.512 e. The molecule has 2 rings (SSSR count). The molecule has 30 heavy (non-hydrogen) atoms. The minimum atomic E-state index is -0.176. The van der Waals surface area contributed by atoms with Crippen molar-refractivity contribution in [2.45, 2.75) is 60.3 Å². The van der Waals surface area contributed by atoms with Crippen LogP contribution in [0, 0.1) is 5.41 Å². The van der Waals surface area contributed by atoms with Crippen molar-refractivity contribution in [1.29, 1.82) is 0 Å². The van der Waals surface area contributed by atoms with Crippen LogP contribution in [0.3, 0.4) is 0 Å². The van der Waals surface area contributed by atoms with Crippen LogP contribution in [0.15, 0.2) is 82.4 Å². The predicted octanol–water partition coefficient (Wildman–Crippen LogP) is 5.93. The molecule has 2 aliphatic carbocycles. The molecule has 160 valence electrons. The monoisotopic (exact) mass is 407 g/mol. The van der Waals surface area contributed by atoms with Gasteiger partial charge in [0.25, 0.3) is 0 Å². The van der Waals surface area contributed by atoms with Gasteiger partial charge in [-0.3, -0.25) is 9.59 Å². The number of ketones is 1. The van der Waals surface area contributed by atoms with Gasteiger partial charge in [0.15, 0.2) is 5.78 Å². The fourth-order valence-electron chi connectivity index (χ4n) is 3.56. The Kier molecular flexibility index (Phi) is 7.99. The maximum absolute atomic E-state index is 12.1. The van der Waals surface area contributed by atoms with Crippen molar-refractivity contribution in [3.8, 4) is 0 Å². The third-order valence-electron chi connectivity index (χ3n) is 5.53. The number of amides is 1. The second-order valence-electron chi connectivity index (χ2n) is 8.68. The quantitative estimate of drug-likeness (QED) is 0.423. The summed E-state index contributed by atoms with van der Waals surface area (Å²) < 4.78 is 0. The van der Waals surface area contributed by atoms with Crippen molar-refractivity contribution in [2.75, 3.05) is 0 Å². The molecule has 0 bridgehead atoms. The van der Waals surface area contributed by atoms with Gasteiger partial charge in [0.05, 0.1) is 5.76 Å². The highest BCUT2D eigenvalue weighted by atomic mass is 16.3. The van der Waals surface area contributed by atoms with E-state index < -0.39 is 0 Å². The van der Waals surface area contributed by atoms with E-state index >= 15 is 0 Å². The van der Waals surface area contributed by atoms with E-state index in [0.717, 1.165) is 34.4 Å². The number of aliphatic hydroxyl groups excluding tert-OH is 1. The van der Waals surface area contributed by atoms with Crippen LogP contribution < -0.4 is 5.32 Å². The summed E-state index contributed by atoms with van der Waals surface area (Å²) in [6.45, 7) is 10.2. The second-order valence-corrected chi connectivity index (χ2v) is 8.68. The first-order chi connectivity index (χ1) is 14.1. The molecule has 4 heteroatoms. The Bertz CT molecular complexity index is 918. The minimum absolute atomic E-state index is 0.0135. The lowest BCUT2D eigenvalue weighted by Gasteiger charge is -2.32. The minimum Gasteiger partial charge on any atom is -0.512 e. The predicted molar refractivity (Wildman–Crippen MR) is 123 cm³/mol. The first-order valence-electron chi connectivity index (χ1n) is 10.4. The zero-order valence-electron chi connectivity index (χ0n) is 18.7. The van der Waals surface area contributed by atoms with Crippen molar-refractivity contribution in [3.05, 3.63) is 82.4 Å². The molecule has 0 unspecified atom stereocenters. The van der Waals surface area contributed by atoms with Crippen molar-refractivity contribution >= 4 is 11.7 Å². The molecule has 0 heterocycles. The van der Waals surface area contributed by atoms with Gasteiger partial charge in [-0.1, -0.05) is 49.8 Å². The lowest BCUT2D eigenvalue weighted by atomic mass is 9.72. The van der Waals surface area contributed by atoms with Crippen molar-refractivity contribution < 1.29 is 14.7 Å². The van der Waals surface area contributed by atoms with Crippen LogP contribution in [0.4, 0.5) is 0 Å². The Morgan fingerprint density at radius 1 is 1.10 bits per heavy atom. The van der Waals surface area contributed by atoms with E-state index in [9.17, 15) is 14.7 Å². The maximum Gasteiger partial charge on any atom is 0.248 e. The standard InChI is InChI=1S/C26H33NO3/c1-18(9-14-23-20(3)24(29)15-16-26(23,4)5)7-6-8-19(2)17-25(30)27-21-10-12-22(28)13-11-21/h6-10,12,14,17,28H,11,13,15-16H2,1-5H3,(H,27,30)/b8-6+,14-9+,18-7+,19-17+.